The molecular formula is C24H38N4O5S. The number of carbonyl (C=O) groups is 2. The molecule has 2 aliphatic heterocycles. The molecule has 0 saturated carbocycles. The van der Waals surface area contributed by atoms with Crippen molar-refractivity contribution < 1.29 is 22.7 Å². The van der Waals surface area contributed by atoms with Gasteiger partial charge >= 0.3 is 0 Å². The van der Waals surface area contributed by atoms with Gasteiger partial charge < -0.3 is 15.0 Å². The third-order valence-electron chi connectivity index (χ3n) is 6.66. The number of amides is 2. The minimum Gasteiger partial charge on any atom is -0.385 e. The fourth-order valence-electron chi connectivity index (χ4n) is 4.54. The first kappa shape index (κ1) is 26.6. The Bertz CT molecular complexity index is 960. The average Bonchev–Trinajstić information content (AvgIpc) is 2.82. The Labute approximate surface area is 203 Å². The summed E-state index contributed by atoms with van der Waals surface area (Å²) in [6, 6.07) is 4.82. The van der Waals surface area contributed by atoms with Gasteiger partial charge in [-0.1, -0.05) is 12.5 Å². The normalized spacial score (nSPS) is 20.3. The van der Waals surface area contributed by atoms with Crippen molar-refractivity contribution in [1.82, 2.24) is 19.4 Å². The van der Waals surface area contributed by atoms with Crippen molar-refractivity contribution in [2.45, 2.75) is 50.5 Å². The van der Waals surface area contributed by atoms with Crippen LogP contribution in [0.5, 0.6) is 0 Å². The molecule has 1 N–H and O–H groups in total. The lowest BCUT2D eigenvalue weighted by atomic mass is 10.1. The molecule has 1 atom stereocenters. The molecule has 34 heavy (non-hydrogen) atoms. The number of methoxy groups -OCH3 is 1. The van der Waals surface area contributed by atoms with Gasteiger partial charge in [0.05, 0.1) is 11.4 Å². The fourth-order valence-corrected chi connectivity index (χ4v) is 6.27. The molecule has 0 aliphatic carbocycles. The van der Waals surface area contributed by atoms with Crippen LogP contribution in [0.4, 0.5) is 0 Å². The van der Waals surface area contributed by atoms with E-state index in [0.29, 0.717) is 58.0 Å². The molecule has 0 radical (unpaired) electrons. The van der Waals surface area contributed by atoms with Crippen LogP contribution in [0.15, 0.2) is 23.1 Å². The molecule has 3 rings (SSSR count). The van der Waals surface area contributed by atoms with Gasteiger partial charge in [-0.15, -0.1) is 0 Å². The predicted octanol–water partition coefficient (Wildman–Crippen LogP) is 1.47. The van der Waals surface area contributed by atoms with E-state index in [-0.39, 0.29) is 22.8 Å². The lowest BCUT2D eigenvalue weighted by Gasteiger charge is -2.35. The maximum atomic E-state index is 13.3. The molecule has 0 bridgehead atoms. The Morgan fingerprint density at radius 3 is 2.53 bits per heavy atom. The zero-order valence-electron chi connectivity index (χ0n) is 20.6. The van der Waals surface area contributed by atoms with Gasteiger partial charge in [0.1, 0.15) is 0 Å². The SMILES string of the molecule is COCCCNC(=O)CN1CCN(C(=O)c2cc(S(=O)(=O)N3CCCCC3C)ccc2C)CC1. The summed E-state index contributed by atoms with van der Waals surface area (Å²) in [6.07, 6.45) is 3.52. The highest BCUT2D eigenvalue weighted by atomic mass is 32.2. The number of hydrogen-bond acceptors (Lipinski definition) is 6. The van der Waals surface area contributed by atoms with E-state index in [0.717, 1.165) is 31.2 Å². The summed E-state index contributed by atoms with van der Waals surface area (Å²) in [6.45, 7) is 7.97. The summed E-state index contributed by atoms with van der Waals surface area (Å²) in [7, 11) is -2.01. The molecule has 1 unspecified atom stereocenters. The van der Waals surface area contributed by atoms with E-state index >= 15 is 0 Å². The third kappa shape index (κ3) is 6.56. The second kappa shape index (κ2) is 12.1. The number of benzene rings is 1. The molecule has 10 heteroatoms. The lowest BCUT2D eigenvalue weighted by Crippen LogP contribution is -2.51. The number of rotatable bonds is 9. The Hall–Kier alpha value is -2.01. The highest BCUT2D eigenvalue weighted by Gasteiger charge is 2.32. The fraction of sp³-hybridized carbons (Fsp3) is 0.667. The zero-order chi connectivity index (χ0) is 24.7. The Morgan fingerprint density at radius 2 is 1.85 bits per heavy atom. The van der Waals surface area contributed by atoms with E-state index in [1.165, 1.54) is 6.07 Å². The zero-order valence-corrected chi connectivity index (χ0v) is 21.4. The van der Waals surface area contributed by atoms with Gasteiger partial charge in [-0.3, -0.25) is 14.5 Å². The number of piperidine rings is 1. The Balaban J connectivity index is 1.61. The third-order valence-corrected chi connectivity index (χ3v) is 8.67. The van der Waals surface area contributed by atoms with Crippen LogP contribution in [0.1, 0.15) is 48.5 Å². The molecule has 1 aromatic rings. The number of nitrogens with one attached hydrogen (secondary N) is 1. The molecule has 2 amide bonds. The molecular weight excluding hydrogens is 456 g/mol. The molecule has 2 saturated heterocycles. The summed E-state index contributed by atoms with van der Waals surface area (Å²) in [5, 5.41) is 2.88. The van der Waals surface area contributed by atoms with Crippen molar-refractivity contribution in [3.8, 4) is 0 Å². The number of ether oxygens (including phenoxy) is 1. The van der Waals surface area contributed by atoms with Crippen molar-refractivity contribution in [3.05, 3.63) is 29.3 Å². The smallest absolute Gasteiger partial charge is 0.254 e. The number of aryl methyl sites for hydroxylation is 1. The summed E-state index contributed by atoms with van der Waals surface area (Å²) in [4.78, 5) is 29.3. The van der Waals surface area contributed by atoms with Gasteiger partial charge in [0, 0.05) is 64.6 Å². The van der Waals surface area contributed by atoms with Crippen molar-refractivity contribution >= 4 is 21.8 Å². The van der Waals surface area contributed by atoms with E-state index in [1.807, 2.05) is 18.7 Å². The molecule has 2 heterocycles. The quantitative estimate of drug-likeness (QED) is 0.522. The first-order chi connectivity index (χ1) is 16.2. The van der Waals surface area contributed by atoms with Gasteiger partial charge in [0.15, 0.2) is 0 Å². The number of carbonyl (C=O) groups excluding carboxylic acids is 2. The van der Waals surface area contributed by atoms with E-state index in [9.17, 15) is 18.0 Å². The summed E-state index contributed by atoms with van der Waals surface area (Å²) < 4.78 is 33.1. The van der Waals surface area contributed by atoms with E-state index in [2.05, 4.69) is 5.32 Å². The Kier molecular flexibility index (Phi) is 9.47. The van der Waals surface area contributed by atoms with Gasteiger partial charge in [-0.2, -0.15) is 4.31 Å². The predicted molar refractivity (Wildman–Crippen MR) is 130 cm³/mol. The molecule has 0 aromatic heterocycles. The van der Waals surface area contributed by atoms with Crippen LogP contribution < -0.4 is 5.32 Å². The van der Waals surface area contributed by atoms with E-state index in [1.54, 1.807) is 28.4 Å². The molecule has 2 aliphatic rings. The standard InChI is InChI=1S/C24H38N4O5S/c1-19-8-9-21(34(31,32)28-11-5-4-7-20(28)2)17-22(19)24(30)27-14-12-26(13-15-27)18-23(29)25-10-6-16-33-3/h8-9,17,20H,4-7,10-16,18H2,1-3H3,(H,25,29). The van der Waals surface area contributed by atoms with Crippen molar-refractivity contribution in [1.29, 1.82) is 0 Å². The lowest BCUT2D eigenvalue weighted by molar-refractivity contribution is -0.122. The summed E-state index contributed by atoms with van der Waals surface area (Å²) in [5.41, 5.74) is 1.18. The summed E-state index contributed by atoms with van der Waals surface area (Å²) >= 11 is 0. The van der Waals surface area contributed by atoms with Gasteiger partial charge in [0.2, 0.25) is 15.9 Å². The Morgan fingerprint density at radius 1 is 1.12 bits per heavy atom. The molecule has 190 valence electrons. The largest absolute Gasteiger partial charge is 0.385 e. The van der Waals surface area contributed by atoms with Crippen LogP contribution in [-0.4, -0.2) is 99.9 Å². The maximum absolute atomic E-state index is 13.3. The first-order valence-electron chi connectivity index (χ1n) is 12.1. The topological polar surface area (TPSA) is 99.3 Å². The van der Waals surface area contributed by atoms with Crippen molar-refractivity contribution in [2.24, 2.45) is 0 Å². The molecule has 0 spiro atoms. The highest BCUT2D eigenvalue weighted by molar-refractivity contribution is 7.89. The van der Waals surface area contributed by atoms with Gasteiger partial charge in [0.25, 0.3) is 5.91 Å². The van der Waals surface area contributed by atoms with Crippen LogP contribution in [0.25, 0.3) is 0 Å². The highest BCUT2D eigenvalue weighted by Crippen LogP contribution is 2.27. The van der Waals surface area contributed by atoms with Crippen LogP contribution in [0.2, 0.25) is 0 Å². The van der Waals surface area contributed by atoms with Crippen molar-refractivity contribution in [3.63, 3.8) is 0 Å². The summed E-state index contributed by atoms with van der Waals surface area (Å²) in [5.74, 6) is -0.193. The maximum Gasteiger partial charge on any atom is 0.254 e. The van der Waals surface area contributed by atoms with Crippen LogP contribution >= 0.6 is 0 Å². The van der Waals surface area contributed by atoms with Crippen LogP contribution in [-0.2, 0) is 19.6 Å². The monoisotopic (exact) mass is 494 g/mol. The number of hydrogen-bond donors (Lipinski definition) is 1. The van der Waals surface area contributed by atoms with Gasteiger partial charge in [-0.25, -0.2) is 8.42 Å². The number of piperazine rings is 1. The minimum atomic E-state index is -3.65. The number of sulfonamides is 1. The second-order valence-electron chi connectivity index (χ2n) is 9.20. The van der Waals surface area contributed by atoms with Gasteiger partial charge in [-0.05, 0) is 50.8 Å². The minimum absolute atomic E-state index is 0.0310. The van der Waals surface area contributed by atoms with Crippen LogP contribution in [0, 0.1) is 6.92 Å². The second-order valence-corrected chi connectivity index (χ2v) is 11.1. The van der Waals surface area contributed by atoms with E-state index in [4.69, 9.17) is 4.74 Å². The van der Waals surface area contributed by atoms with Crippen molar-refractivity contribution in [2.75, 3.05) is 59.5 Å². The number of nitrogens with zero attached hydrogens (tertiary/aromatic N) is 3. The molecule has 2 fully saturated rings. The molecule has 9 nitrogen and oxygen atoms in total. The average molecular weight is 495 g/mol. The first-order valence-corrected chi connectivity index (χ1v) is 13.6. The van der Waals surface area contributed by atoms with E-state index < -0.39 is 10.0 Å². The van der Waals surface area contributed by atoms with Crippen LogP contribution in [0.3, 0.4) is 0 Å². The molecule has 1 aromatic carbocycles.